The second kappa shape index (κ2) is 7.62. The highest BCUT2D eigenvalue weighted by molar-refractivity contribution is 7.11. The number of fused-ring (bicyclic) bond motifs is 1. The molecule has 0 aliphatic heterocycles. The number of oxazole rings is 1. The number of carboxylic acids is 1. The minimum absolute atomic E-state index is 0.106. The molecule has 0 bridgehead atoms. The van der Waals surface area contributed by atoms with Crippen LogP contribution in [0.5, 0.6) is 0 Å². The molecule has 5 nitrogen and oxygen atoms in total. The van der Waals surface area contributed by atoms with Gasteiger partial charge in [0.1, 0.15) is 11.3 Å². The largest absolute Gasteiger partial charge is 0.478 e. The molecule has 31 heavy (non-hydrogen) atoms. The number of alkyl halides is 3. The van der Waals surface area contributed by atoms with Gasteiger partial charge in [0.25, 0.3) is 5.89 Å². The first-order chi connectivity index (χ1) is 14.6. The van der Waals surface area contributed by atoms with Crippen LogP contribution in [0.1, 0.15) is 31.5 Å². The molecule has 10 heteroatoms. The van der Waals surface area contributed by atoms with Gasteiger partial charge in [-0.2, -0.15) is 13.2 Å². The molecule has 2 aromatic heterocycles. The van der Waals surface area contributed by atoms with E-state index in [0.29, 0.717) is 23.2 Å². The van der Waals surface area contributed by atoms with Gasteiger partial charge in [0, 0.05) is 16.0 Å². The molecule has 2 aromatic carbocycles. The van der Waals surface area contributed by atoms with Crippen LogP contribution in [0.4, 0.5) is 17.6 Å². The fraction of sp³-hybridized carbons (Fsp3) is 0.0952. The van der Waals surface area contributed by atoms with E-state index in [2.05, 4.69) is 4.98 Å². The number of rotatable bonds is 5. The SMILES string of the molecule is O=C(Cc1scc(-c2ccc(C(F)(F)F)cc2F)c1C(=O)O)c1nc2ccccc2o1. The third-order valence-corrected chi connectivity index (χ3v) is 5.51. The van der Waals surface area contributed by atoms with Crippen molar-refractivity contribution < 1.29 is 36.7 Å². The molecule has 2 heterocycles. The Morgan fingerprint density at radius 2 is 1.84 bits per heavy atom. The Kier molecular flexibility index (Phi) is 5.10. The minimum atomic E-state index is -4.74. The van der Waals surface area contributed by atoms with Gasteiger partial charge in [-0.1, -0.05) is 18.2 Å². The van der Waals surface area contributed by atoms with Gasteiger partial charge in [-0.05, 0) is 29.6 Å². The number of Topliss-reactive ketones (excluding diaryl/α,β-unsaturated/α-hetero) is 1. The van der Waals surface area contributed by atoms with Crippen molar-refractivity contribution in [1.29, 1.82) is 0 Å². The molecular formula is C21H11F4NO4S. The normalized spacial score (nSPS) is 11.7. The topological polar surface area (TPSA) is 80.4 Å². The van der Waals surface area contributed by atoms with Crippen molar-refractivity contribution in [2.45, 2.75) is 12.6 Å². The molecule has 0 saturated carbocycles. The Bertz CT molecular complexity index is 1290. The summed E-state index contributed by atoms with van der Waals surface area (Å²) in [5.74, 6) is -3.43. The zero-order valence-corrected chi connectivity index (χ0v) is 16.2. The summed E-state index contributed by atoms with van der Waals surface area (Å²) < 4.78 is 58.1. The van der Waals surface area contributed by atoms with Crippen LogP contribution < -0.4 is 0 Å². The molecule has 0 radical (unpaired) electrons. The second-order valence-corrected chi connectivity index (χ2v) is 7.50. The highest BCUT2D eigenvalue weighted by Crippen LogP contribution is 2.37. The molecule has 0 unspecified atom stereocenters. The Labute approximate surface area is 175 Å². The first-order valence-corrected chi connectivity index (χ1v) is 9.62. The number of aromatic nitrogens is 1. The number of carbonyl (C=O) groups excluding carboxylic acids is 1. The Balaban J connectivity index is 1.69. The lowest BCUT2D eigenvalue weighted by Crippen LogP contribution is -2.08. The number of benzene rings is 2. The maximum Gasteiger partial charge on any atom is 0.416 e. The number of thiophene rings is 1. The predicted octanol–water partition coefficient (Wildman–Crippen LogP) is 5.84. The van der Waals surface area contributed by atoms with E-state index < -0.39 is 29.3 Å². The lowest BCUT2D eigenvalue weighted by Gasteiger charge is -2.09. The van der Waals surface area contributed by atoms with Gasteiger partial charge >= 0.3 is 12.1 Å². The molecular weight excluding hydrogens is 438 g/mol. The molecule has 0 aliphatic carbocycles. The Hall–Kier alpha value is -3.53. The van der Waals surface area contributed by atoms with Crippen molar-refractivity contribution in [2.24, 2.45) is 0 Å². The van der Waals surface area contributed by atoms with Gasteiger partial charge in [-0.15, -0.1) is 11.3 Å². The summed E-state index contributed by atoms with van der Waals surface area (Å²) in [4.78, 5) is 28.6. The first-order valence-electron chi connectivity index (χ1n) is 8.74. The highest BCUT2D eigenvalue weighted by atomic mass is 32.1. The van der Waals surface area contributed by atoms with Crippen molar-refractivity contribution in [1.82, 2.24) is 4.98 Å². The number of hydrogen-bond donors (Lipinski definition) is 1. The van der Waals surface area contributed by atoms with Crippen LogP contribution in [0.3, 0.4) is 0 Å². The zero-order chi connectivity index (χ0) is 22.3. The number of ketones is 1. The van der Waals surface area contributed by atoms with Crippen LogP contribution in [0.2, 0.25) is 0 Å². The second-order valence-electron chi connectivity index (χ2n) is 6.53. The molecule has 0 fully saturated rings. The Morgan fingerprint density at radius 3 is 2.48 bits per heavy atom. The van der Waals surface area contributed by atoms with Crippen molar-refractivity contribution in [3.8, 4) is 11.1 Å². The standard InChI is InChI=1S/C21H11F4NO4S/c22-13-7-10(21(23,24)25)5-6-11(13)12-9-31-17(18(12)20(28)29)8-15(27)19-26-14-3-1-2-4-16(14)30-19/h1-7,9H,8H2,(H,28,29). The van der Waals surface area contributed by atoms with E-state index in [-0.39, 0.29) is 33.9 Å². The maximum atomic E-state index is 14.4. The number of carboxylic acid groups (broad SMARTS) is 1. The molecule has 1 N–H and O–H groups in total. The van der Waals surface area contributed by atoms with E-state index in [1.54, 1.807) is 24.3 Å². The van der Waals surface area contributed by atoms with Crippen LogP contribution in [0, 0.1) is 5.82 Å². The summed E-state index contributed by atoms with van der Waals surface area (Å²) in [5, 5.41) is 10.9. The average molecular weight is 449 g/mol. The lowest BCUT2D eigenvalue weighted by atomic mass is 9.99. The van der Waals surface area contributed by atoms with Gasteiger partial charge in [0.2, 0.25) is 5.78 Å². The number of para-hydroxylation sites is 2. The van der Waals surface area contributed by atoms with Crippen LogP contribution in [0.15, 0.2) is 52.3 Å². The van der Waals surface area contributed by atoms with Crippen molar-refractivity contribution in [2.75, 3.05) is 0 Å². The molecule has 4 aromatic rings. The zero-order valence-electron chi connectivity index (χ0n) is 15.4. The molecule has 0 aliphatic rings. The van der Waals surface area contributed by atoms with Crippen molar-refractivity contribution in [3.05, 3.63) is 75.6 Å². The van der Waals surface area contributed by atoms with Crippen molar-refractivity contribution in [3.63, 3.8) is 0 Å². The van der Waals surface area contributed by atoms with Crippen LogP contribution in [-0.2, 0) is 12.6 Å². The number of carbonyl (C=O) groups is 2. The summed E-state index contributed by atoms with van der Waals surface area (Å²) in [6.45, 7) is 0. The molecule has 0 spiro atoms. The predicted molar refractivity (Wildman–Crippen MR) is 104 cm³/mol. The van der Waals surface area contributed by atoms with Gasteiger partial charge in [0.15, 0.2) is 5.58 Å². The molecule has 0 atom stereocenters. The van der Waals surface area contributed by atoms with E-state index in [0.717, 1.165) is 17.4 Å². The van der Waals surface area contributed by atoms with E-state index in [1.807, 2.05) is 0 Å². The lowest BCUT2D eigenvalue weighted by molar-refractivity contribution is -0.137. The van der Waals surface area contributed by atoms with Crippen LogP contribution in [-0.4, -0.2) is 21.8 Å². The number of hydrogen-bond acceptors (Lipinski definition) is 5. The van der Waals surface area contributed by atoms with Crippen molar-refractivity contribution >= 4 is 34.2 Å². The fourth-order valence-electron chi connectivity index (χ4n) is 3.08. The van der Waals surface area contributed by atoms with E-state index >= 15 is 0 Å². The van der Waals surface area contributed by atoms with E-state index in [4.69, 9.17) is 4.42 Å². The van der Waals surface area contributed by atoms with Crippen LogP contribution >= 0.6 is 11.3 Å². The number of nitrogens with zero attached hydrogens (tertiary/aromatic N) is 1. The smallest absolute Gasteiger partial charge is 0.416 e. The molecule has 0 amide bonds. The summed E-state index contributed by atoms with van der Waals surface area (Å²) in [7, 11) is 0. The summed E-state index contributed by atoms with van der Waals surface area (Å²) in [6, 6.07) is 8.54. The molecule has 158 valence electrons. The third-order valence-electron chi connectivity index (χ3n) is 4.52. The number of aromatic carboxylic acids is 1. The highest BCUT2D eigenvalue weighted by Gasteiger charge is 2.32. The summed E-state index contributed by atoms with van der Waals surface area (Å²) in [5.41, 5.74) is -1.10. The summed E-state index contributed by atoms with van der Waals surface area (Å²) in [6.07, 6.45) is -5.11. The number of halogens is 4. The van der Waals surface area contributed by atoms with E-state index in [9.17, 15) is 32.3 Å². The van der Waals surface area contributed by atoms with Gasteiger partial charge < -0.3 is 9.52 Å². The summed E-state index contributed by atoms with van der Waals surface area (Å²) >= 11 is 0.888. The van der Waals surface area contributed by atoms with Crippen LogP contribution in [0.25, 0.3) is 22.2 Å². The minimum Gasteiger partial charge on any atom is -0.478 e. The van der Waals surface area contributed by atoms with E-state index in [1.165, 1.54) is 5.38 Å². The van der Waals surface area contributed by atoms with Gasteiger partial charge in [-0.25, -0.2) is 14.2 Å². The maximum absolute atomic E-state index is 14.4. The Morgan fingerprint density at radius 1 is 1.10 bits per heavy atom. The molecule has 0 saturated heterocycles. The fourth-order valence-corrected chi connectivity index (χ4v) is 4.12. The average Bonchev–Trinajstić information content (AvgIpc) is 3.31. The monoisotopic (exact) mass is 449 g/mol. The first kappa shape index (κ1) is 20.7. The molecule has 4 rings (SSSR count). The van der Waals surface area contributed by atoms with Gasteiger partial charge in [-0.3, -0.25) is 4.79 Å². The third kappa shape index (κ3) is 3.93. The quantitative estimate of drug-likeness (QED) is 0.306. The van der Waals surface area contributed by atoms with Gasteiger partial charge in [0.05, 0.1) is 17.5 Å².